The molecule has 2 aromatic carbocycles. The maximum atomic E-state index is 11.4. The number of aliphatic carboxylic acids is 1. The molecule has 0 aliphatic heterocycles. The summed E-state index contributed by atoms with van der Waals surface area (Å²) in [6.07, 6.45) is 0.845. The van der Waals surface area contributed by atoms with Crippen LogP contribution in [0.25, 0.3) is 22.4 Å². The van der Waals surface area contributed by atoms with Gasteiger partial charge in [0.05, 0.1) is 29.3 Å². The van der Waals surface area contributed by atoms with Gasteiger partial charge in [0.1, 0.15) is 12.4 Å². The van der Waals surface area contributed by atoms with Crippen molar-refractivity contribution in [3.05, 3.63) is 41.4 Å². The van der Waals surface area contributed by atoms with E-state index < -0.39 is 5.97 Å². The molecule has 0 saturated carbocycles. The van der Waals surface area contributed by atoms with E-state index in [0.29, 0.717) is 46.6 Å². The van der Waals surface area contributed by atoms with E-state index in [4.69, 9.17) is 21.1 Å². The molecule has 0 radical (unpaired) electrons. The number of carbonyl (C=O) groups is 1. The molecule has 0 atom stereocenters. The Morgan fingerprint density at radius 3 is 2.70 bits per heavy atom. The number of hydrogen-bond donors (Lipinski definition) is 1. The molecule has 0 fully saturated rings. The number of rotatable bonds is 8. The van der Waals surface area contributed by atoms with Gasteiger partial charge >= 0.3 is 5.97 Å². The predicted molar refractivity (Wildman–Crippen MR) is 105 cm³/mol. The van der Waals surface area contributed by atoms with E-state index in [9.17, 15) is 9.90 Å². The molecule has 0 amide bonds. The molecule has 27 heavy (non-hydrogen) atoms. The van der Waals surface area contributed by atoms with Crippen molar-refractivity contribution in [3.8, 4) is 22.9 Å². The van der Waals surface area contributed by atoms with Crippen LogP contribution in [-0.2, 0) is 11.3 Å². The maximum Gasteiger partial charge on any atom is 0.323 e. The molecule has 0 bridgehead atoms. The zero-order chi connectivity index (χ0) is 19.4. The predicted octanol–water partition coefficient (Wildman–Crippen LogP) is 4.63. The van der Waals surface area contributed by atoms with Crippen LogP contribution in [0.5, 0.6) is 11.5 Å². The zero-order valence-corrected chi connectivity index (χ0v) is 16.0. The molecule has 3 rings (SSSR count). The molecule has 0 spiro atoms. The van der Waals surface area contributed by atoms with Gasteiger partial charge in [-0.2, -0.15) is 0 Å². The Labute approximate surface area is 162 Å². The van der Waals surface area contributed by atoms with Crippen molar-refractivity contribution in [1.29, 1.82) is 0 Å². The summed E-state index contributed by atoms with van der Waals surface area (Å²) in [4.78, 5) is 16.0. The molecule has 6 nitrogen and oxygen atoms in total. The number of ether oxygens (including phenoxy) is 2. The third kappa shape index (κ3) is 4.01. The summed E-state index contributed by atoms with van der Waals surface area (Å²) < 4.78 is 13.1. The van der Waals surface area contributed by atoms with Crippen LogP contribution in [0.2, 0.25) is 5.02 Å². The third-order valence-corrected chi connectivity index (χ3v) is 4.25. The largest absolute Gasteiger partial charge is 0.490 e. The average Bonchev–Trinajstić information content (AvgIpc) is 2.99. The van der Waals surface area contributed by atoms with Gasteiger partial charge in [0, 0.05) is 5.56 Å². The molecular formula is C20H21ClN2O4. The number of fused-ring (bicyclic) bond motifs is 1. The average molecular weight is 389 g/mol. The standard InChI is InChI=1S/C20H21ClN2O4/c1-3-9-27-19-14(21)10-13(11-17(19)26-4-2)20-22-15-7-5-6-8-16(15)23(20)12-18(24)25/h5-8,10-11H,3-4,9,12H2,1-2H3,(H,24,25). The van der Waals surface area contributed by atoms with Crippen LogP contribution in [0, 0.1) is 0 Å². The smallest absolute Gasteiger partial charge is 0.323 e. The number of nitrogens with zero attached hydrogens (tertiary/aromatic N) is 2. The molecule has 1 aromatic heterocycles. The highest BCUT2D eigenvalue weighted by atomic mass is 35.5. The lowest BCUT2D eigenvalue weighted by Crippen LogP contribution is -2.10. The van der Waals surface area contributed by atoms with E-state index in [1.54, 1.807) is 16.7 Å². The second-order valence-electron chi connectivity index (χ2n) is 5.97. The van der Waals surface area contributed by atoms with Gasteiger partial charge in [-0.3, -0.25) is 4.79 Å². The van der Waals surface area contributed by atoms with E-state index >= 15 is 0 Å². The minimum atomic E-state index is -0.946. The van der Waals surface area contributed by atoms with Gasteiger partial charge < -0.3 is 19.1 Å². The quantitative estimate of drug-likeness (QED) is 0.609. The van der Waals surface area contributed by atoms with Crippen molar-refractivity contribution in [2.75, 3.05) is 13.2 Å². The normalized spacial score (nSPS) is 10.9. The van der Waals surface area contributed by atoms with Crippen molar-refractivity contribution < 1.29 is 19.4 Å². The van der Waals surface area contributed by atoms with Gasteiger partial charge in [-0.25, -0.2) is 4.98 Å². The van der Waals surface area contributed by atoms with Crippen molar-refractivity contribution in [2.45, 2.75) is 26.8 Å². The monoisotopic (exact) mass is 388 g/mol. The van der Waals surface area contributed by atoms with Crippen LogP contribution >= 0.6 is 11.6 Å². The van der Waals surface area contributed by atoms with E-state index in [0.717, 1.165) is 11.9 Å². The summed E-state index contributed by atoms with van der Waals surface area (Å²) >= 11 is 6.45. The van der Waals surface area contributed by atoms with Crippen LogP contribution in [-0.4, -0.2) is 33.8 Å². The summed E-state index contributed by atoms with van der Waals surface area (Å²) in [6.45, 7) is 4.66. The number of imidazole rings is 1. The lowest BCUT2D eigenvalue weighted by atomic mass is 10.2. The summed E-state index contributed by atoms with van der Waals surface area (Å²) in [5, 5.41) is 9.73. The van der Waals surface area contributed by atoms with E-state index in [1.165, 1.54) is 0 Å². The highest BCUT2D eigenvalue weighted by Crippen LogP contribution is 2.40. The molecule has 3 aromatic rings. The Bertz CT molecular complexity index is 968. The molecular weight excluding hydrogens is 368 g/mol. The number of benzene rings is 2. The Kier molecular flexibility index (Phi) is 5.86. The van der Waals surface area contributed by atoms with Crippen molar-refractivity contribution in [1.82, 2.24) is 9.55 Å². The van der Waals surface area contributed by atoms with Crippen LogP contribution in [0.1, 0.15) is 20.3 Å². The van der Waals surface area contributed by atoms with E-state index in [-0.39, 0.29) is 6.54 Å². The first-order valence-electron chi connectivity index (χ1n) is 8.81. The lowest BCUT2D eigenvalue weighted by Gasteiger charge is -2.15. The van der Waals surface area contributed by atoms with Gasteiger partial charge in [0.25, 0.3) is 0 Å². The molecule has 7 heteroatoms. The third-order valence-electron chi connectivity index (χ3n) is 3.97. The topological polar surface area (TPSA) is 73.6 Å². The minimum absolute atomic E-state index is 0.203. The van der Waals surface area contributed by atoms with Crippen molar-refractivity contribution >= 4 is 28.6 Å². The summed E-state index contributed by atoms with van der Waals surface area (Å²) in [5.74, 6) is 0.578. The summed E-state index contributed by atoms with van der Waals surface area (Å²) in [7, 11) is 0. The van der Waals surface area contributed by atoms with Gasteiger partial charge in [0.2, 0.25) is 0 Å². The molecule has 1 heterocycles. The number of carboxylic acid groups (broad SMARTS) is 1. The highest BCUT2D eigenvalue weighted by Gasteiger charge is 2.19. The summed E-state index contributed by atoms with van der Waals surface area (Å²) in [5.41, 5.74) is 2.13. The second kappa shape index (κ2) is 8.31. The number of carboxylic acids is 1. The molecule has 0 saturated heterocycles. The number of hydrogen-bond acceptors (Lipinski definition) is 4. The summed E-state index contributed by atoms with van der Waals surface area (Å²) in [6, 6.07) is 10.9. The fourth-order valence-electron chi connectivity index (χ4n) is 2.90. The first kappa shape index (κ1) is 19.0. The van der Waals surface area contributed by atoms with Crippen molar-refractivity contribution in [3.63, 3.8) is 0 Å². The van der Waals surface area contributed by atoms with Crippen molar-refractivity contribution in [2.24, 2.45) is 0 Å². The van der Waals surface area contributed by atoms with Crippen LogP contribution in [0.15, 0.2) is 36.4 Å². The second-order valence-corrected chi connectivity index (χ2v) is 6.38. The maximum absolute atomic E-state index is 11.4. The van der Waals surface area contributed by atoms with E-state index in [1.807, 2.05) is 38.1 Å². The minimum Gasteiger partial charge on any atom is -0.490 e. The fourth-order valence-corrected chi connectivity index (χ4v) is 3.16. The zero-order valence-electron chi connectivity index (χ0n) is 15.2. The Hall–Kier alpha value is -2.73. The fraction of sp³-hybridized carbons (Fsp3) is 0.300. The van der Waals surface area contributed by atoms with Gasteiger partial charge in [-0.1, -0.05) is 30.7 Å². The number of aromatic nitrogens is 2. The molecule has 0 unspecified atom stereocenters. The van der Waals surface area contributed by atoms with Gasteiger partial charge in [-0.05, 0) is 37.6 Å². The van der Waals surface area contributed by atoms with E-state index in [2.05, 4.69) is 4.98 Å². The Morgan fingerprint density at radius 1 is 1.22 bits per heavy atom. The molecule has 142 valence electrons. The van der Waals surface area contributed by atoms with Crippen LogP contribution in [0.4, 0.5) is 0 Å². The van der Waals surface area contributed by atoms with Crippen LogP contribution < -0.4 is 9.47 Å². The lowest BCUT2D eigenvalue weighted by molar-refractivity contribution is -0.137. The Balaban J connectivity index is 2.17. The molecule has 0 aliphatic rings. The highest BCUT2D eigenvalue weighted by molar-refractivity contribution is 6.32. The SMILES string of the molecule is CCCOc1c(Cl)cc(-c2nc3ccccc3n2CC(=O)O)cc1OCC. The number of halogens is 1. The molecule has 0 aliphatic carbocycles. The van der Waals surface area contributed by atoms with Gasteiger partial charge in [0.15, 0.2) is 11.5 Å². The first-order valence-corrected chi connectivity index (χ1v) is 9.19. The van der Waals surface area contributed by atoms with Crippen LogP contribution in [0.3, 0.4) is 0 Å². The first-order chi connectivity index (χ1) is 13.0. The molecule has 1 N–H and O–H groups in total. The van der Waals surface area contributed by atoms with Gasteiger partial charge in [-0.15, -0.1) is 0 Å². The Morgan fingerprint density at radius 2 is 2.00 bits per heavy atom. The number of para-hydroxylation sites is 2.